The van der Waals surface area contributed by atoms with E-state index < -0.39 is 29.1 Å². The first kappa shape index (κ1) is 14.0. The summed E-state index contributed by atoms with van der Waals surface area (Å²) in [6.07, 6.45) is 0. The summed E-state index contributed by atoms with van der Waals surface area (Å²) < 4.78 is 27.0. The molecule has 1 unspecified atom stereocenters. The smallest absolute Gasteiger partial charge is 0.257 e. The van der Waals surface area contributed by atoms with Crippen LogP contribution in [0.15, 0.2) is 42.5 Å². The molecule has 0 aliphatic carbocycles. The summed E-state index contributed by atoms with van der Waals surface area (Å²) in [5, 5.41) is 2.54. The molecule has 3 N–H and O–H groups in total. The van der Waals surface area contributed by atoms with Crippen LogP contribution < -0.4 is 11.1 Å². The number of nitrogens with one attached hydrogen (secondary N) is 1. The number of carbonyl (C=O) groups is 1. The number of nitrogen functional groups attached to an aromatic ring is 1. The van der Waals surface area contributed by atoms with Crippen molar-refractivity contribution in [2.75, 3.05) is 5.73 Å². The van der Waals surface area contributed by atoms with E-state index in [0.29, 0.717) is 11.3 Å². The third-order valence-electron chi connectivity index (χ3n) is 3.00. The molecule has 1 amide bonds. The van der Waals surface area contributed by atoms with Crippen LogP contribution in [0.25, 0.3) is 0 Å². The summed E-state index contributed by atoms with van der Waals surface area (Å²) in [5.74, 6) is -2.59. The van der Waals surface area contributed by atoms with Crippen molar-refractivity contribution in [3.05, 3.63) is 65.2 Å². The highest BCUT2D eigenvalue weighted by atomic mass is 19.1. The molecule has 104 valence electrons. The number of halogens is 2. The van der Waals surface area contributed by atoms with Gasteiger partial charge in [-0.25, -0.2) is 8.78 Å². The van der Waals surface area contributed by atoms with Gasteiger partial charge in [0.15, 0.2) is 0 Å². The van der Waals surface area contributed by atoms with Crippen molar-refractivity contribution in [1.82, 2.24) is 5.32 Å². The molecule has 0 aromatic heterocycles. The standard InChI is InChI=1S/C15H14F2N2O/c1-9(10-5-2-3-8-13(10)18)19-15(20)14-11(16)6-4-7-12(14)17/h2-9H,18H2,1H3,(H,19,20). The van der Waals surface area contributed by atoms with E-state index in [2.05, 4.69) is 5.32 Å². The molecule has 0 spiro atoms. The summed E-state index contributed by atoms with van der Waals surface area (Å²) in [5.41, 5.74) is 6.41. The Morgan fingerprint density at radius 1 is 1.10 bits per heavy atom. The van der Waals surface area contributed by atoms with E-state index in [-0.39, 0.29) is 0 Å². The Bertz CT molecular complexity index is 623. The number of hydrogen-bond acceptors (Lipinski definition) is 2. The van der Waals surface area contributed by atoms with E-state index in [1.54, 1.807) is 31.2 Å². The predicted octanol–water partition coefficient (Wildman–Crippen LogP) is 3.04. The lowest BCUT2D eigenvalue weighted by Gasteiger charge is -2.16. The third-order valence-corrected chi connectivity index (χ3v) is 3.00. The van der Waals surface area contributed by atoms with E-state index in [0.717, 1.165) is 12.1 Å². The third kappa shape index (κ3) is 2.77. The second-order valence-corrected chi connectivity index (χ2v) is 4.42. The summed E-state index contributed by atoms with van der Waals surface area (Å²) in [6.45, 7) is 1.70. The van der Waals surface area contributed by atoms with Crippen LogP contribution in [0.2, 0.25) is 0 Å². The molecule has 5 heteroatoms. The second-order valence-electron chi connectivity index (χ2n) is 4.42. The molecule has 3 nitrogen and oxygen atoms in total. The Hall–Kier alpha value is -2.43. The highest BCUT2D eigenvalue weighted by molar-refractivity contribution is 5.95. The van der Waals surface area contributed by atoms with E-state index in [1.807, 2.05) is 0 Å². The van der Waals surface area contributed by atoms with Gasteiger partial charge in [-0.1, -0.05) is 24.3 Å². The second kappa shape index (κ2) is 5.69. The summed E-state index contributed by atoms with van der Waals surface area (Å²) in [4.78, 5) is 11.9. The number of rotatable bonds is 3. The Morgan fingerprint density at radius 2 is 1.70 bits per heavy atom. The molecule has 0 saturated heterocycles. The predicted molar refractivity (Wildman–Crippen MR) is 73.1 cm³/mol. The van der Waals surface area contributed by atoms with Crippen LogP contribution in [0.5, 0.6) is 0 Å². The van der Waals surface area contributed by atoms with Gasteiger partial charge in [0.1, 0.15) is 17.2 Å². The number of para-hydroxylation sites is 1. The molecule has 2 rings (SSSR count). The Morgan fingerprint density at radius 3 is 2.30 bits per heavy atom. The van der Waals surface area contributed by atoms with Gasteiger partial charge in [0.25, 0.3) is 5.91 Å². The van der Waals surface area contributed by atoms with Crippen molar-refractivity contribution >= 4 is 11.6 Å². The number of carbonyl (C=O) groups excluding carboxylic acids is 1. The highest BCUT2D eigenvalue weighted by Crippen LogP contribution is 2.20. The van der Waals surface area contributed by atoms with Gasteiger partial charge in [-0.15, -0.1) is 0 Å². The number of benzene rings is 2. The average molecular weight is 276 g/mol. The monoisotopic (exact) mass is 276 g/mol. The molecule has 2 aromatic carbocycles. The molecule has 1 atom stereocenters. The van der Waals surface area contributed by atoms with Crippen LogP contribution >= 0.6 is 0 Å². The van der Waals surface area contributed by atoms with E-state index in [9.17, 15) is 13.6 Å². The maximum atomic E-state index is 13.5. The van der Waals surface area contributed by atoms with Crippen molar-refractivity contribution in [1.29, 1.82) is 0 Å². The summed E-state index contributed by atoms with van der Waals surface area (Å²) >= 11 is 0. The molecule has 0 heterocycles. The Labute approximate surface area is 115 Å². The van der Waals surface area contributed by atoms with E-state index in [1.165, 1.54) is 6.07 Å². The first-order chi connectivity index (χ1) is 9.50. The van der Waals surface area contributed by atoms with Gasteiger partial charge in [-0.3, -0.25) is 4.79 Å². The van der Waals surface area contributed by atoms with Gasteiger partial charge in [-0.2, -0.15) is 0 Å². The fourth-order valence-electron chi connectivity index (χ4n) is 1.97. The SMILES string of the molecule is CC(NC(=O)c1c(F)cccc1F)c1ccccc1N. The van der Waals surface area contributed by atoms with Gasteiger partial charge < -0.3 is 11.1 Å². The van der Waals surface area contributed by atoms with Crippen LogP contribution in [0.1, 0.15) is 28.9 Å². The lowest BCUT2D eigenvalue weighted by molar-refractivity contribution is 0.0931. The minimum atomic E-state index is -0.893. The summed E-state index contributed by atoms with van der Waals surface area (Å²) in [6, 6.07) is 9.82. The molecule has 0 aliphatic rings. The van der Waals surface area contributed by atoms with Crippen LogP contribution in [0, 0.1) is 11.6 Å². The zero-order valence-electron chi connectivity index (χ0n) is 10.9. The van der Waals surface area contributed by atoms with Gasteiger partial charge in [0.05, 0.1) is 6.04 Å². The number of nitrogens with two attached hydrogens (primary N) is 1. The Kier molecular flexibility index (Phi) is 3.98. The molecule has 20 heavy (non-hydrogen) atoms. The highest BCUT2D eigenvalue weighted by Gasteiger charge is 2.19. The first-order valence-electron chi connectivity index (χ1n) is 6.10. The summed E-state index contributed by atoms with van der Waals surface area (Å²) in [7, 11) is 0. The molecule has 0 fully saturated rings. The van der Waals surface area contributed by atoms with Crippen molar-refractivity contribution in [2.45, 2.75) is 13.0 Å². The fourth-order valence-corrected chi connectivity index (χ4v) is 1.97. The minimum Gasteiger partial charge on any atom is -0.398 e. The minimum absolute atomic E-state index is 0.456. The van der Waals surface area contributed by atoms with Crippen LogP contribution in [0.3, 0.4) is 0 Å². The molecule has 0 saturated carbocycles. The topological polar surface area (TPSA) is 55.1 Å². The lowest BCUT2D eigenvalue weighted by Crippen LogP contribution is -2.28. The van der Waals surface area contributed by atoms with Crippen molar-refractivity contribution in [3.63, 3.8) is 0 Å². The van der Waals surface area contributed by atoms with Gasteiger partial charge in [0.2, 0.25) is 0 Å². The first-order valence-corrected chi connectivity index (χ1v) is 6.10. The fraction of sp³-hybridized carbons (Fsp3) is 0.133. The van der Waals surface area contributed by atoms with E-state index in [4.69, 9.17) is 5.73 Å². The Balaban J connectivity index is 2.22. The quantitative estimate of drug-likeness (QED) is 0.847. The van der Waals surface area contributed by atoms with Crippen molar-refractivity contribution < 1.29 is 13.6 Å². The molecule has 0 radical (unpaired) electrons. The van der Waals surface area contributed by atoms with Crippen LogP contribution in [-0.4, -0.2) is 5.91 Å². The van der Waals surface area contributed by atoms with Crippen molar-refractivity contribution in [3.8, 4) is 0 Å². The largest absolute Gasteiger partial charge is 0.398 e. The number of hydrogen-bond donors (Lipinski definition) is 2. The molecule has 2 aromatic rings. The molecule has 0 bridgehead atoms. The zero-order chi connectivity index (χ0) is 14.7. The molecule has 0 aliphatic heterocycles. The van der Waals surface area contributed by atoms with Crippen LogP contribution in [-0.2, 0) is 0 Å². The van der Waals surface area contributed by atoms with Crippen molar-refractivity contribution in [2.24, 2.45) is 0 Å². The average Bonchev–Trinajstić information content (AvgIpc) is 2.38. The number of anilines is 1. The van der Waals surface area contributed by atoms with E-state index >= 15 is 0 Å². The van der Waals surface area contributed by atoms with Gasteiger partial charge in [0, 0.05) is 5.69 Å². The maximum absolute atomic E-state index is 13.5. The molecular formula is C15H14F2N2O. The maximum Gasteiger partial charge on any atom is 0.257 e. The van der Waals surface area contributed by atoms with Gasteiger partial charge >= 0.3 is 0 Å². The number of amides is 1. The van der Waals surface area contributed by atoms with Crippen LogP contribution in [0.4, 0.5) is 14.5 Å². The normalized spacial score (nSPS) is 11.9. The van der Waals surface area contributed by atoms with Gasteiger partial charge in [-0.05, 0) is 30.7 Å². The zero-order valence-corrected chi connectivity index (χ0v) is 10.9. The molecular weight excluding hydrogens is 262 g/mol. The lowest BCUT2D eigenvalue weighted by atomic mass is 10.1.